The van der Waals surface area contributed by atoms with Crippen molar-refractivity contribution in [3.05, 3.63) is 53.7 Å². The van der Waals surface area contributed by atoms with Crippen LogP contribution in [0.2, 0.25) is 0 Å². The van der Waals surface area contributed by atoms with Gasteiger partial charge < -0.3 is 16.2 Å². The van der Waals surface area contributed by atoms with Crippen molar-refractivity contribution in [3.63, 3.8) is 0 Å². The number of likely N-dealkylation sites (N-methyl/N-ethyl adjacent to an activating group) is 1. The molecule has 1 heterocycles. The summed E-state index contributed by atoms with van der Waals surface area (Å²) in [5, 5.41) is 3.58. The average Bonchev–Trinajstić information content (AvgIpc) is 2.72. The van der Waals surface area contributed by atoms with Gasteiger partial charge in [-0.25, -0.2) is 15.8 Å². The number of hydrazone groups is 1. The molecule has 0 radical (unpaired) electrons. The summed E-state index contributed by atoms with van der Waals surface area (Å²) in [6.07, 6.45) is -3.08. The summed E-state index contributed by atoms with van der Waals surface area (Å²) in [6.45, 7) is 1.79. The summed E-state index contributed by atoms with van der Waals surface area (Å²) in [5.41, 5.74) is 3.71. The molecule has 30 heavy (non-hydrogen) atoms. The molecule has 0 saturated carbocycles. The Balaban J connectivity index is 1.94. The molecule has 1 amide bonds. The Bertz CT molecular complexity index is 1140. The van der Waals surface area contributed by atoms with E-state index >= 15 is 0 Å². The zero-order valence-electron chi connectivity index (χ0n) is 16.0. The lowest BCUT2D eigenvalue weighted by Crippen LogP contribution is -2.45. The number of halogens is 3. The molecule has 0 bridgehead atoms. The molecule has 3 rings (SSSR count). The first-order valence-corrected chi connectivity index (χ1v) is 8.63. The van der Waals surface area contributed by atoms with Gasteiger partial charge in [-0.05, 0) is 48.9 Å². The molecule has 2 aromatic carbocycles. The highest BCUT2D eigenvalue weighted by Gasteiger charge is 2.30. The minimum atomic E-state index is -4.43. The van der Waals surface area contributed by atoms with Gasteiger partial charge in [-0.2, -0.15) is 18.3 Å². The number of amides is 1. The highest BCUT2D eigenvalue weighted by Crippen LogP contribution is 2.31. The Labute approximate surface area is 169 Å². The molecule has 0 atom stereocenters. The fourth-order valence-corrected chi connectivity index (χ4v) is 2.94. The van der Waals surface area contributed by atoms with Crippen molar-refractivity contribution in [1.29, 1.82) is 0 Å². The van der Waals surface area contributed by atoms with Gasteiger partial charge in [-0.3, -0.25) is 4.79 Å². The number of nitrogens with one attached hydrogen (secondary N) is 1. The highest BCUT2D eigenvalue weighted by atomic mass is 19.4. The normalized spacial score (nSPS) is 12.1. The van der Waals surface area contributed by atoms with Crippen molar-refractivity contribution < 1.29 is 18.0 Å². The van der Waals surface area contributed by atoms with E-state index in [0.29, 0.717) is 22.6 Å². The summed E-state index contributed by atoms with van der Waals surface area (Å²) in [5.74, 6) is 9.97. The van der Waals surface area contributed by atoms with E-state index in [2.05, 4.69) is 20.5 Å². The van der Waals surface area contributed by atoms with Gasteiger partial charge in [-0.1, -0.05) is 0 Å². The molecule has 0 unspecified atom stereocenters. The van der Waals surface area contributed by atoms with Gasteiger partial charge in [0.2, 0.25) is 5.84 Å². The van der Waals surface area contributed by atoms with Crippen LogP contribution in [0, 0.1) is 6.92 Å². The fraction of sp³-hybridized carbons (Fsp3) is 0.158. The highest BCUT2D eigenvalue weighted by molar-refractivity contribution is 6.42. The molecule has 1 aromatic heterocycles. The first kappa shape index (κ1) is 21.0. The largest absolute Gasteiger partial charge is 0.416 e. The van der Waals surface area contributed by atoms with Crippen molar-refractivity contribution in [1.82, 2.24) is 15.4 Å². The van der Waals surface area contributed by atoms with Crippen LogP contribution >= 0.6 is 0 Å². The van der Waals surface area contributed by atoms with E-state index < -0.39 is 17.6 Å². The van der Waals surface area contributed by atoms with E-state index in [9.17, 15) is 18.0 Å². The number of nitrogens with zero attached hydrogens (tertiary/aromatic N) is 4. The number of hydrazine groups is 1. The molecular formula is C19H18F3N7O. The lowest BCUT2D eigenvalue weighted by Gasteiger charge is -2.20. The van der Waals surface area contributed by atoms with Crippen LogP contribution in [0.3, 0.4) is 0 Å². The van der Waals surface area contributed by atoms with Crippen molar-refractivity contribution in [2.75, 3.05) is 11.9 Å². The molecule has 11 heteroatoms. The average molecular weight is 417 g/mol. The van der Waals surface area contributed by atoms with Crippen LogP contribution < -0.4 is 22.0 Å². The number of carbonyl (C=O) groups excluding carboxylic acids is 1. The number of alkyl halides is 3. The number of rotatable bonds is 2. The SMILES string of the molecule is Cc1cc(-c2ncc3cc(C(F)(F)F)ccc3n2)ccc1N(C)C(=O)/C(=N/N)NN. The Morgan fingerprint density at radius 1 is 1.20 bits per heavy atom. The number of fused-ring (bicyclic) bond motifs is 1. The molecule has 156 valence electrons. The zero-order valence-corrected chi connectivity index (χ0v) is 16.0. The summed E-state index contributed by atoms with van der Waals surface area (Å²) >= 11 is 0. The lowest BCUT2D eigenvalue weighted by atomic mass is 10.1. The molecule has 8 nitrogen and oxygen atoms in total. The number of aromatic nitrogens is 2. The number of nitrogens with two attached hydrogens (primary N) is 2. The summed E-state index contributed by atoms with van der Waals surface area (Å²) < 4.78 is 38.6. The van der Waals surface area contributed by atoms with Gasteiger partial charge in [0, 0.05) is 29.9 Å². The van der Waals surface area contributed by atoms with Crippen molar-refractivity contribution >= 4 is 28.3 Å². The number of anilines is 1. The van der Waals surface area contributed by atoms with Crippen LogP contribution in [-0.2, 0) is 11.0 Å². The van der Waals surface area contributed by atoms with Crippen LogP contribution in [0.5, 0.6) is 0 Å². The maximum Gasteiger partial charge on any atom is 0.416 e. The fourth-order valence-electron chi connectivity index (χ4n) is 2.94. The van der Waals surface area contributed by atoms with Gasteiger partial charge in [-0.15, -0.1) is 0 Å². The number of benzene rings is 2. The first-order valence-electron chi connectivity index (χ1n) is 8.63. The van der Waals surface area contributed by atoms with Gasteiger partial charge in [0.1, 0.15) is 0 Å². The molecule has 0 aliphatic heterocycles. The molecule has 0 saturated heterocycles. The molecule has 3 aromatic rings. The van der Waals surface area contributed by atoms with E-state index in [0.717, 1.165) is 17.7 Å². The number of amidine groups is 1. The third kappa shape index (κ3) is 4.01. The summed E-state index contributed by atoms with van der Waals surface area (Å²) in [4.78, 5) is 22.2. The summed E-state index contributed by atoms with van der Waals surface area (Å²) in [6, 6.07) is 8.45. The second kappa shape index (κ2) is 7.95. The first-order chi connectivity index (χ1) is 14.2. The van der Waals surface area contributed by atoms with Crippen LogP contribution in [0.25, 0.3) is 22.3 Å². The molecule has 5 N–H and O–H groups in total. The molecule has 0 fully saturated rings. The third-order valence-corrected chi connectivity index (χ3v) is 4.50. The Hall–Kier alpha value is -3.73. The smallest absolute Gasteiger partial charge is 0.321 e. The lowest BCUT2D eigenvalue weighted by molar-refractivity contribution is -0.137. The zero-order chi connectivity index (χ0) is 22.1. The number of hydrogen-bond donors (Lipinski definition) is 3. The quantitative estimate of drug-likeness (QED) is 0.255. The Morgan fingerprint density at radius 2 is 1.93 bits per heavy atom. The van der Waals surface area contributed by atoms with E-state index in [1.165, 1.54) is 24.2 Å². The van der Waals surface area contributed by atoms with Gasteiger partial charge in [0.25, 0.3) is 5.91 Å². The maximum atomic E-state index is 12.9. The molecule has 0 aliphatic rings. The van der Waals surface area contributed by atoms with Crippen molar-refractivity contribution in [2.45, 2.75) is 13.1 Å². The Kier molecular flexibility index (Phi) is 5.56. The number of aryl methyl sites for hydroxylation is 1. The minimum Gasteiger partial charge on any atom is -0.321 e. The molecule has 0 spiro atoms. The van der Waals surface area contributed by atoms with E-state index in [1.807, 2.05) is 0 Å². The number of hydrogen-bond acceptors (Lipinski definition) is 6. The standard InChI is InChI=1S/C19H18F3N7O/c1-10-7-11(3-6-15(10)29(2)18(30)17(27-23)28-24)16-25-9-12-8-13(19(20,21)22)4-5-14(12)26-16/h3-9H,23-24H2,1-2H3,(H,27,28). The number of carbonyl (C=O) groups is 1. The van der Waals surface area contributed by atoms with Gasteiger partial charge in [0.15, 0.2) is 5.82 Å². The van der Waals surface area contributed by atoms with Crippen LogP contribution in [-0.4, -0.2) is 28.8 Å². The topological polar surface area (TPSA) is 123 Å². The van der Waals surface area contributed by atoms with Crippen LogP contribution in [0.15, 0.2) is 47.7 Å². The minimum absolute atomic E-state index is 0.211. The van der Waals surface area contributed by atoms with Gasteiger partial charge >= 0.3 is 6.18 Å². The monoisotopic (exact) mass is 417 g/mol. The predicted molar refractivity (Wildman–Crippen MR) is 107 cm³/mol. The third-order valence-electron chi connectivity index (χ3n) is 4.50. The van der Waals surface area contributed by atoms with E-state index in [4.69, 9.17) is 11.7 Å². The van der Waals surface area contributed by atoms with Crippen LogP contribution in [0.4, 0.5) is 18.9 Å². The van der Waals surface area contributed by atoms with E-state index in [1.54, 1.807) is 25.1 Å². The van der Waals surface area contributed by atoms with Gasteiger partial charge in [0.05, 0.1) is 11.1 Å². The van der Waals surface area contributed by atoms with Crippen molar-refractivity contribution in [3.8, 4) is 11.4 Å². The second-order valence-corrected chi connectivity index (χ2v) is 6.45. The van der Waals surface area contributed by atoms with E-state index in [-0.39, 0.29) is 11.2 Å². The summed E-state index contributed by atoms with van der Waals surface area (Å²) in [7, 11) is 1.54. The Morgan fingerprint density at radius 3 is 2.53 bits per heavy atom. The maximum absolute atomic E-state index is 12.9. The van der Waals surface area contributed by atoms with Crippen LogP contribution in [0.1, 0.15) is 11.1 Å². The molecule has 0 aliphatic carbocycles. The second-order valence-electron chi connectivity index (χ2n) is 6.45. The predicted octanol–water partition coefficient (Wildman–Crippen LogP) is 2.32. The molecular weight excluding hydrogens is 399 g/mol. The van der Waals surface area contributed by atoms with Crippen molar-refractivity contribution in [2.24, 2.45) is 16.8 Å².